The van der Waals surface area contributed by atoms with Crippen LogP contribution >= 0.6 is 0 Å². The third kappa shape index (κ3) is 8.03. The van der Waals surface area contributed by atoms with Crippen molar-refractivity contribution >= 4 is 29.1 Å². The van der Waals surface area contributed by atoms with E-state index in [9.17, 15) is 27.6 Å². The maximum Gasteiger partial charge on any atom is 0.416 e. The van der Waals surface area contributed by atoms with Crippen molar-refractivity contribution in [3.8, 4) is 0 Å². The number of carbonyl (C=O) groups excluding carboxylic acids is 3. The van der Waals surface area contributed by atoms with E-state index in [4.69, 9.17) is 0 Å². The number of nitrogens with zero attached hydrogens (tertiary/aromatic N) is 1. The fourth-order valence-corrected chi connectivity index (χ4v) is 2.78. The van der Waals surface area contributed by atoms with Crippen LogP contribution in [0.25, 0.3) is 0 Å². The number of amides is 3. The van der Waals surface area contributed by atoms with Gasteiger partial charge in [-0.25, -0.2) is 0 Å². The minimum Gasteiger partial charge on any atom is -0.355 e. The van der Waals surface area contributed by atoms with Gasteiger partial charge in [-0.2, -0.15) is 13.2 Å². The molecular weight excluding hydrogens is 425 g/mol. The molecule has 0 aliphatic heterocycles. The smallest absolute Gasteiger partial charge is 0.355 e. The Morgan fingerprint density at radius 1 is 0.906 bits per heavy atom. The topological polar surface area (TPSA) is 90.5 Å². The molecule has 0 heterocycles. The molecule has 2 aromatic carbocycles. The van der Waals surface area contributed by atoms with Gasteiger partial charge in [-0.15, -0.1) is 0 Å². The number of rotatable bonds is 9. The third-order valence-electron chi connectivity index (χ3n) is 4.26. The Kier molecular flexibility index (Phi) is 8.77. The monoisotopic (exact) mass is 450 g/mol. The SMILES string of the molecule is CCCNC(=O)CN(C)CC(=O)Nc1cccc(C(=O)Nc2cccc(C(F)(F)F)c2)c1. The summed E-state index contributed by atoms with van der Waals surface area (Å²) in [6, 6.07) is 10.3. The lowest BCUT2D eigenvalue weighted by Crippen LogP contribution is -2.39. The predicted octanol–water partition coefficient (Wildman–Crippen LogP) is 3.35. The van der Waals surface area contributed by atoms with Crippen molar-refractivity contribution in [3.05, 3.63) is 59.7 Å². The quantitative estimate of drug-likeness (QED) is 0.547. The lowest BCUT2D eigenvalue weighted by molar-refractivity contribution is -0.137. The van der Waals surface area contributed by atoms with Gasteiger partial charge in [-0.1, -0.05) is 19.1 Å². The van der Waals surface area contributed by atoms with Crippen molar-refractivity contribution in [2.75, 3.05) is 37.3 Å². The first-order valence-corrected chi connectivity index (χ1v) is 9.92. The molecule has 10 heteroatoms. The molecule has 0 bridgehead atoms. The third-order valence-corrected chi connectivity index (χ3v) is 4.26. The summed E-state index contributed by atoms with van der Waals surface area (Å²) in [6.07, 6.45) is -3.71. The molecule has 0 saturated heterocycles. The highest BCUT2D eigenvalue weighted by Crippen LogP contribution is 2.30. The fourth-order valence-electron chi connectivity index (χ4n) is 2.78. The number of nitrogens with one attached hydrogen (secondary N) is 3. The number of alkyl halides is 3. The van der Waals surface area contributed by atoms with Crippen LogP contribution in [0.5, 0.6) is 0 Å². The molecule has 0 unspecified atom stereocenters. The summed E-state index contributed by atoms with van der Waals surface area (Å²) in [4.78, 5) is 37.9. The first-order valence-electron chi connectivity index (χ1n) is 9.92. The van der Waals surface area contributed by atoms with Crippen LogP contribution in [0, 0.1) is 0 Å². The van der Waals surface area contributed by atoms with Crippen LogP contribution in [-0.4, -0.2) is 49.3 Å². The van der Waals surface area contributed by atoms with E-state index in [1.165, 1.54) is 24.3 Å². The first-order chi connectivity index (χ1) is 15.1. The number of likely N-dealkylation sites (N-methyl/N-ethyl adjacent to an activating group) is 1. The average Bonchev–Trinajstić information content (AvgIpc) is 2.71. The highest BCUT2D eigenvalue weighted by Gasteiger charge is 2.30. The standard InChI is InChI=1S/C22H25F3N4O3/c1-3-10-26-19(30)13-29(2)14-20(31)27-17-8-4-6-15(11-17)21(32)28-18-9-5-7-16(12-18)22(23,24)25/h4-9,11-12H,3,10,13-14H2,1-2H3,(H,26,30)(H,27,31)(H,28,32). The molecular formula is C22H25F3N4O3. The summed E-state index contributed by atoms with van der Waals surface area (Å²) < 4.78 is 38.5. The molecule has 32 heavy (non-hydrogen) atoms. The van der Waals surface area contributed by atoms with Crippen LogP contribution < -0.4 is 16.0 Å². The van der Waals surface area contributed by atoms with Crippen LogP contribution in [0.2, 0.25) is 0 Å². The van der Waals surface area contributed by atoms with Gasteiger partial charge in [-0.05, 0) is 49.9 Å². The fraction of sp³-hybridized carbons (Fsp3) is 0.318. The first kappa shape index (κ1) is 24.9. The van der Waals surface area contributed by atoms with Crippen LogP contribution in [0.4, 0.5) is 24.5 Å². The van der Waals surface area contributed by atoms with E-state index in [0.29, 0.717) is 12.2 Å². The van der Waals surface area contributed by atoms with E-state index >= 15 is 0 Å². The van der Waals surface area contributed by atoms with Crippen molar-refractivity contribution in [1.82, 2.24) is 10.2 Å². The summed E-state index contributed by atoms with van der Waals surface area (Å²) in [5, 5.41) is 7.77. The van der Waals surface area contributed by atoms with E-state index in [1.54, 1.807) is 24.1 Å². The molecule has 0 aliphatic rings. The van der Waals surface area contributed by atoms with Gasteiger partial charge >= 0.3 is 6.18 Å². The van der Waals surface area contributed by atoms with Gasteiger partial charge in [0.2, 0.25) is 11.8 Å². The normalized spacial score (nSPS) is 11.2. The van der Waals surface area contributed by atoms with Crippen LogP contribution in [0.1, 0.15) is 29.3 Å². The predicted molar refractivity (Wildman–Crippen MR) is 115 cm³/mol. The van der Waals surface area contributed by atoms with Gasteiger partial charge in [0.25, 0.3) is 5.91 Å². The van der Waals surface area contributed by atoms with Gasteiger partial charge in [0.05, 0.1) is 18.7 Å². The van der Waals surface area contributed by atoms with E-state index in [0.717, 1.165) is 18.6 Å². The lowest BCUT2D eigenvalue weighted by Gasteiger charge is -2.16. The van der Waals surface area contributed by atoms with Gasteiger partial charge in [0.15, 0.2) is 0 Å². The van der Waals surface area contributed by atoms with Crippen molar-refractivity contribution in [1.29, 1.82) is 0 Å². The molecule has 0 aromatic heterocycles. The Hall–Kier alpha value is -3.40. The molecule has 2 rings (SSSR count). The zero-order chi connectivity index (χ0) is 23.7. The maximum absolute atomic E-state index is 12.8. The highest BCUT2D eigenvalue weighted by molar-refractivity contribution is 6.05. The van der Waals surface area contributed by atoms with Gasteiger partial charge in [-0.3, -0.25) is 19.3 Å². The Morgan fingerprint density at radius 2 is 1.53 bits per heavy atom. The number of benzene rings is 2. The van der Waals surface area contributed by atoms with E-state index in [2.05, 4.69) is 16.0 Å². The Labute approximate surface area is 184 Å². The van der Waals surface area contributed by atoms with Crippen molar-refractivity contribution in [2.24, 2.45) is 0 Å². The average molecular weight is 450 g/mol. The van der Waals surface area contributed by atoms with Gasteiger partial charge in [0, 0.05) is 23.5 Å². The Bertz CT molecular complexity index is 963. The summed E-state index contributed by atoms with van der Waals surface area (Å²) >= 11 is 0. The molecule has 0 fully saturated rings. The van der Waals surface area contributed by atoms with Crippen molar-refractivity contribution < 1.29 is 27.6 Å². The minimum atomic E-state index is -4.52. The zero-order valence-electron chi connectivity index (χ0n) is 17.8. The van der Waals surface area contributed by atoms with Gasteiger partial charge < -0.3 is 16.0 Å². The second-order valence-corrected chi connectivity index (χ2v) is 7.18. The molecule has 0 aliphatic carbocycles. The lowest BCUT2D eigenvalue weighted by atomic mass is 10.1. The molecule has 2 aromatic rings. The molecule has 0 spiro atoms. The largest absolute Gasteiger partial charge is 0.416 e. The van der Waals surface area contributed by atoms with Crippen LogP contribution in [-0.2, 0) is 15.8 Å². The number of hydrogen-bond donors (Lipinski definition) is 3. The number of hydrogen-bond acceptors (Lipinski definition) is 4. The van der Waals surface area contributed by atoms with E-state index < -0.39 is 17.6 Å². The molecule has 0 radical (unpaired) electrons. The second-order valence-electron chi connectivity index (χ2n) is 7.18. The summed E-state index contributed by atoms with van der Waals surface area (Å²) in [6.45, 7) is 2.52. The second kappa shape index (κ2) is 11.3. The number of anilines is 2. The molecule has 3 N–H and O–H groups in total. The maximum atomic E-state index is 12.8. The van der Waals surface area contributed by atoms with Gasteiger partial charge in [0.1, 0.15) is 0 Å². The Balaban J connectivity index is 1.96. The van der Waals surface area contributed by atoms with E-state index in [-0.39, 0.29) is 36.2 Å². The molecule has 0 saturated carbocycles. The molecule has 7 nitrogen and oxygen atoms in total. The molecule has 0 atom stereocenters. The van der Waals surface area contributed by atoms with Crippen molar-refractivity contribution in [3.63, 3.8) is 0 Å². The molecule has 3 amide bonds. The Morgan fingerprint density at radius 3 is 2.19 bits per heavy atom. The summed E-state index contributed by atoms with van der Waals surface area (Å²) in [5.74, 6) is -1.19. The summed E-state index contributed by atoms with van der Waals surface area (Å²) in [7, 11) is 1.63. The summed E-state index contributed by atoms with van der Waals surface area (Å²) in [5.41, 5.74) is -0.367. The molecule has 172 valence electrons. The minimum absolute atomic E-state index is 0.00207. The van der Waals surface area contributed by atoms with Crippen LogP contribution in [0.15, 0.2) is 48.5 Å². The number of halogens is 3. The van der Waals surface area contributed by atoms with Crippen LogP contribution in [0.3, 0.4) is 0 Å². The highest BCUT2D eigenvalue weighted by atomic mass is 19.4. The zero-order valence-corrected chi connectivity index (χ0v) is 17.8. The van der Waals surface area contributed by atoms with Crippen molar-refractivity contribution in [2.45, 2.75) is 19.5 Å². The number of carbonyl (C=O) groups is 3. The van der Waals surface area contributed by atoms with E-state index in [1.807, 2.05) is 6.92 Å².